The molecule has 200 valence electrons. The van der Waals surface area contributed by atoms with Gasteiger partial charge >= 0.3 is 0 Å². The summed E-state index contributed by atoms with van der Waals surface area (Å²) in [6, 6.07) is 14.2. The summed E-state index contributed by atoms with van der Waals surface area (Å²) in [5, 5.41) is 1.51. The zero-order chi connectivity index (χ0) is 26.3. The third-order valence-electron chi connectivity index (χ3n) is 8.50. The van der Waals surface area contributed by atoms with Gasteiger partial charge in [-0.05, 0) is 60.4 Å². The van der Waals surface area contributed by atoms with Crippen molar-refractivity contribution < 1.29 is 4.74 Å². The molecule has 0 bridgehead atoms. The van der Waals surface area contributed by atoms with Gasteiger partial charge in [0.2, 0.25) is 0 Å². The van der Waals surface area contributed by atoms with E-state index in [4.69, 9.17) is 4.74 Å². The standard InChI is InChI=1S/C34H49NOSi/c1-6-9-11-17-27-24-28(18-12-10-7-2)34(36-23-8-3)33(25-27)37(4,5)32-26-31(35-21-15-16-22-35)29-19-13-14-20-30(29)32/h8,13-14,19-20,24-26,32H,3,6-7,9-12,15-18,21-23H2,1-2,4-5H3. The van der Waals surface area contributed by atoms with Crippen LogP contribution in [0.3, 0.4) is 0 Å². The first-order valence-electron chi connectivity index (χ1n) is 15.0. The van der Waals surface area contributed by atoms with Gasteiger partial charge in [-0.2, -0.15) is 0 Å². The highest BCUT2D eigenvalue weighted by Gasteiger charge is 2.42. The summed E-state index contributed by atoms with van der Waals surface area (Å²) >= 11 is 0. The molecule has 1 unspecified atom stereocenters. The molecule has 2 aliphatic rings. The first-order valence-corrected chi connectivity index (χ1v) is 18.0. The van der Waals surface area contributed by atoms with Gasteiger partial charge in [-0.15, -0.1) is 0 Å². The summed E-state index contributed by atoms with van der Waals surface area (Å²) in [5.41, 5.74) is 7.87. The number of ether oxygens (including phenoxy) is 1. The predicted molar refractivity (Wildman–Crippen MR) is 164 cm³/mol. The number of likely N-dealkylation sites (tertiary alicyclic amines) is 1. The average molecular weight is 516 g/mol. The lowest BCUT2D eigenvalue weighted by atomic mass is 10.00. The third kappa shape index (κ3) is 6.25. The Morgan fingerprint density at radius 3 is 2.38 bits per heavy atom. The summed E-state index contributed by atoms with van der Waals surface area (Å²) in [6.07, 6.45) is 17.0. The van der Waals surface area contributed by atoms with E-state index in [0.29, 0.717) is 12.1 Å². The van der Waals surface area contributed by atoms with Gasteiger partial charge in [0.1, 0.15) is 12.4 Å². The number of unbranched alkanes of at least 4 members (excludes halogenated alkanes) is 4. The summed E-state index contributed by atoms with van der Waals surface area (Å²) in [5.74, 6) is 1.17. The molecule has 3 heteroatoms. The van der Waals surface area contributed by atoms with Crippen molar-refractivity contribution in [3.63, 3.8) is 0 Å². The van der Waals surface area contributed by atoms with E-state index in [1.807, 2.05) is 6.08 Å². The molecule has 2 nitrogen and oxygen atoms in total. The number of hydrogen-bond acceptors (Lipinski definition) is 2. The van der Waals surface area contributed by atoms with Crippen molar-refractivity contribution in [2.45, 2.75) is 96.7 Å². The Hall–Kier alpha value is -2.26. The van der Waals surface area contributed by atoms with Crippen LogP contribution in [0.25, 0.3) is 5.70 Å². The highest BCUT2D eigenvalue weighted by Crippen LogP contribution is 2.44. The minimum Gasteiger partial charge on any atom is -0.489 e. The highest BCUT2D eigenvalue weighted by molar-refractivity contribution is 6.92. The predicted octanol–water partition coefficient (Wildman–Crippen LogP) is 8.41. The first-order chi connectivity index (χ1) is 18.0. The maximum absolute atomic E-state index is 6.57. The van der Waals surface area contributed by atoms with Crippen LogP contribution in [0.2, 0.25) is 13.1 Å². The second kappa shape index (κ2) is 13.0. The second-order valence-corrected chi connectivity index (χ2v) is 16.3. The minimum absolute atomic E-state index is 0.458. The second-order valence-electron chi connectivity index (χ2n) is 11.7. The number of rotatable bonds is 14. The largest absolute Gasteiger partial charge is 0.489 e. The molecule has 0 spiro atoms. The van der Waals surface area contributed by atoms with Crippen molar-refractivity contribution in [2.24, 2.45) is 0 Å². The van der Waals surface area contributed by atoms with Crippen LogP contribution in [0.4, 0.5) is 0 Å². The number of fused-ring (bicyclic) bond motifs is 1. The normalized spacial score (nSPS) is 17.1. The molecule has 1 fully saturated rings. The van der Waals surface area contributed by atoms with E-state index < -0.39 is 8.07 Å². The van der Waals surface area contributed by atoms with Gasteiger partial charge in [0.15, 0.2) is 0 Å². The Morgan fingerprint density at radius 1 is 0.973 bits per heavy atom. The summed E-state index contributed by atoms with van der Waals surface area (Å²) in [4.78, 5) is 2.63. The molecule has 4 rings (SSSR count). The van der Waals surface area contributed by atoms with Gasteiger partial charge in [-0.1, -0.05) is 108 Å². The van der Waals surface area contributed by atoms with Crippen LogP contribution >= 0.6 is 0 Å². The Bertz CT molecular complexity index is 1080. The third-order valence-corrected chi connectivity index (χ3v) is 12.3. The van der Waals surface area contributed by atoms with E-state index in [-0.39, 0.29) is 0 Å². The topological polar surface area (TPSA) is 12.5 Å². The lowest BCUT2D eigenvalue weighted by molar-refractivity contribution is 0.361. The van der Waals surface area contributed by atoms with Gasteiger partial charge in [-0.25, -0.2) is 0 Å². The number of aryl methyl sites for hydroxylation is 2. The van der Waals surface area contributed by atoms with Gasteiger partial charge < -0.3 is 9.64 Å². The fourth-order valence-electron chi connectivity index (χ4n) is 6.36. The van der Waals surface area contributed by atoms with Crippen molar-refractivity contribution >= 4 is 19.0 Å². The molecule has 0 aromatic heterocycles. The van der Waals surface area contributed by atoms with Crippen molar-refractivity contribution in [2.75, 3.05) is 19.7 Å². The Labute approximate surface area is 227 Å². The lowest BCUT2D eigenvalue weighted by Crippen LogP contribution is -2.48. The molecular weight excluding hydrogens is 466 g/mol. The number of benzene rings is 2. The van der Waals surface area contributed by atoms with E-state index in [1.54, 1.807) is 0 Å². The molecule has 1 aliphatic heterocycles. The maximum atomic E-state index is 6.57. The SMILES string of the molecule is C=CCOc1c(CCCCC)cc(CCCCC)cc1[Si](C)(C)C1C=C(N2CCCC2)c2ccccc21. The summed E-state index contributed by atoms with van der Waals surface area (Å²) in [7, 11) is -2.01. The van der Waals surface area contributed by atoms with Crippen molar-refractivity contribution in [3.05, 3.63) is 77.4 Å². The van der Waals surface area contributed by atoms with Crippen LogP contribution in [0, 0.1) is 0 Å². The van der Waals surface area contributed by atoms with Crippen LogP contribution in [0.15, 0.2) is 55.1 Å². The van der Waals surface area contributed by atoms with Crippen molar-refractivity contribution in [3.8, 4) is 5.75 Å². The van der Waals surface area contributed by atoms with Crippen LogP contribution in [0.1, 0.15) is 93.0 Å². The van der Waals surface area contributed by atoms with E-state index in [0.717, 1.165) is 6.42 Å². The molecule has 37 heavy (non-hydrogen) atoms. The fraction of sp³-hybridized carbons (Fsp3) is 0.529. The molecule has 1 heterocycles. The molecule has 0 amide bonds. The van der Waals surface area contributed by atoms with Crippen molar-refractivity contribution in [1.82, 2.24) is 4.90 Å². The van der Waals surface area contributed by atoms with Gasteiger partial charge in [-0.3, -0.25) is 0 Å². The van der Waals surface area contributed by atoms with Gasteiger partial charge in [0.05, 0.1) is 8.07 Å². The number of nitrogens with zero attached hydrogens (tertiary/aromatic N) is 1. The Morgan fingerprint density at radius 2 is 1.68 bits per heavy atom. The average Bonchev–Trinajstić information content (AvgIpc) is 3.56. The molecule has 0 radical (unpaired) electrons. The van der Waals surface area contributed by atoms with Gasteiger partial charge in [0, 0.05) is 29.9 Å². The number of allylic oxidation sites excluding steroid dienone is 1. The molecule has 2 aromatic rings. The van der Waals surface area contributed by atoms with Crippen molar-refractivity contribution in [1.29, 1.82) is 0 Å². The molecule has 2 aromatic carbocycles. The van der Waals surface area contributed by atoms with E-state index in [2.05, 4.69) is 80.9 Å². The first kappa shape index (κ1) is 27.8. The molecular formula is C34H49NOSi. The van der Waals surface area contributed by atoms with Crippen LogP contribution < -0.4 is 9.92 Å². The van der Waals surface area contributed by atoms with Crippen LogP contribution in [0.5, 0.6) is 5.75 Å². The van der Waals surface area contributed by atoms with E-state index >= 15 is 0 Å². The zero-order valence-corrected chi connectivity index (χ0v) is 25.0. The van der Waals surface area contributed by atoms with Crippen LogP contribution in [-0.2, 0) is 12.8 Å². The Kier molecular flexibility index (Phi) is 9.75. The molecule has 0 N–H and O–H groups in total. The minimum atomic E-state index is -2.01. The fourth-order valence-corrected chi connectivity index (χ4v) is 9.67. The smallest absolute Gasteiger partial charge is 0.122 e. The Balaban J connectivity index is 1.80. The molecule has 1 saturated heterocycles. The van der Waals surface area contributed by atoms with Crippen LogP contribution in [-0.4, -0.2) is 32.7 Å². The molecule has 0 saturated carbocycles. The van der Waals surface area contributed by atoms with Gasteiger partial charge in [0.25, 0.3) is 0 Å². The summed E-state index contributed by atoms with van der Waals surface area (Å²) < 4.78 is 6.57. The quantitative estimate of drug-likeness (QED) is 0.142. The lowest BCUT2D eigenvalue weighted by Gasteiger charge is -2.33. The summed E-state index contributed by atoms with van der Waals surface area (Å²) in [6.45, 7) is 16.7. The zero-order valence-electron chi connectivity index (χ0n) is 24.0. The van der Waals surface area contributed by atoms with E-state index in [1.165, 1.54) is 110 Å². The molecule has 1 aliphatic carbocycles. The van der Waals surface area contributed by atoms with E-state index in [9.17, 15) is 0 Å². The maximum Gasteiger partial charge on any atom is 0.122 e. The molecule has 1 atom stereocenters. The number of hydrogen-bond donors (Lipinski definition) is 0. The highest BCUT2D eigenvalue weighted by atomic mass is 28.3. The monoisotopic (exact) mass is 515 g/mol.